The monoisotopic (exact) mass is 617 g/mol. The SMILES string of the molecule is CC1(c2ccc3oc4cccc(-c5nc(-c6ccccc6)nc(-c6ccccc6)n5)c4c3c2)C=CC(c2cccc3ccccc23)=CC1. The smallest absolute Gasteiger partial charge is 0.164 e. The molecule has 0 aliphatic heterocycles. The van der Waals surface area contributed by atoms with Gasteiger partial charge in [-0.05, 0) is 52.1 Å². The highest BCUT2D eigenvalue weighted by molar-refractivity contribution is 6.12. The van der Waals surface area contributed by atoms with Crippen molar-refractivity contribution in [1.82, 2.24) is 15.0 Å². The van der Waals surface area contributed by atoms with E-state index < -0.39 is 0 Å². The van der Waals surface area contributed by atoms with Gasteiger partial charge in [-0.2, -0.15) is 0 Å². The van der Waals surface area contributed by atoms with Gasteiger partial charge in [-0.15, -0.1) is 0 Å². The molecule has 0 N–H and O–H groups in total. The van der Waals surface area contributed by atoms with Crippen LogP contribution in [0.15, 0.2) is 162 Å². The van der Waals surface area contributed by atoms with Gasteiger partial charge >= 0.3 is 0 Å². The Labute approximate surface area is 278 Å². The summed E-state index contributed by atoms with van der Waals surface area (Å²) in [5.74, 6) is 1.89. The van der Waals surface area contributed by atoms with Gasteiger partial charge < -0.3 is 4.42 Å². The van der Waals surface area contributed by atoms with E-state index >= 15 is 0 Å². The van der Waals surface area contributed by atoms with Gasteiger partial charge in [0.2, 0.25) is 0 Å². The van der Waals surface area contributed by atoms with E-state index in [2.05, 4.69) is 91.9 Å². The van der Waals surface area contributed by atoms with Crippen molar-refractivity contribution in [3.8, 4) is 34.2 Å². The zero-order valence-electron chi connectivity index (χ0n) is 26.5. The summed E-state index contributed by atoms with van der Waals surface area (Å²) in [5, 5.41) is 4.60. The summed E-state index contributed by atoms with van der Waals surface area (Å²) in [7, 11) is 0. The molecule has 2 aromatic heterocycles. The van der Waals surface area contributed by atoms with Crippen LogP contribution in [0.5, 0.6) is 0 Å². The van der Waals surface area contributed by atoms with Crippen LogP contribution in [0.1, 0.15) is 24.5 Å². The quantitative estimate of drug-likeness (QED) is 0.193. The van der Waals surface area contributed by atoms with Crippen LogP contribution in [-0.4, -0.2) is 15.0 Å². The number of hydrogen-bond donors (Lipinski definition) is 0. The number of nitrogens with zero attached hydrogens (tertiary/aromatic N) is 3. The number of furan rings is 1. The molecule has 1 aliphatic carbocycles. The molecule has 9 rings (SSSR count). The summed E-state index contributed by atoms with van der Waals surface area (Å²) < 4.78 is 6.43. The minimum atomic E-state index is -0.172. The molecule has 2 heterocycles. The molecule has 4 nitrogen and oxygen atoms in total. The first-order chi connectivity index (χ1) is 23.6. The molecule has 48 heavy (non-hydrogen) atoms. The Kier molecular flexibility index (Phi) is 6.61. The highest BCUT2D eigenvalue weighted by Crippen LogP contribution is 2.42. The predicted molar refractivity (Wildman–Crippen MR) is 196 cm³/mol. The van der Waals surface area contributed by atoms with Crippen LogP contribution >= 0.6 is 0 Å². The van der Waals surface area contributed by atoms with Crippen LogP contribution in [0, 0.1) is 0 Å². The second-order valence-electron chi connectivity index (χ2n) is 12.7. The van der Waals surface area contributed by atoms with Gasteiger partial charge in [-0.3, -0.25) is 0 Å². The van der Waals surface area contributed by atoms with Crippen molar-refractivity contribution in [3.05, 3.63) is 169 Å². The molecule has 0 radical (unpaired) electrons. The van der Waals surface area contributed by atoms with Gasteiger partial charge in [0, 0.05) is 32.9 Å². The maximum atomic E-state index is 6.43. The first-order valence-electron chi connectivity index (χ1n) is 16.3. The van der Waals surface area contributed by atoms with Crippen LogP contribution in [0.3, 0.4) is 0 Å². The number of aromatic nitrogens is 3. The fraction of sp³-hybridized carbons (Fsp3) is 0.0682. The largest absolute Gasteiger partial charge is 0.456 e. The second kappa shape index (κ2) is 11.3. The molecule has 1 unspecified atom stereocenters. The molecule has 0 amide bonds. The van der Waals surface area contributed by atoms with Crippen molar-refractivity contribution < 1.29 is 4.42 Å². The summed E-state index contributed by atoms with van der Waals surface area (Å²) in [5.41, 5.74) is 8.06. The van der Waals surface area contributed by atoms with Gasteiger partial charge in [-0.25, -0.2) is 15.0 Å². The van der Waals surface area contributed by atoms with Gasteiger partial charge in [-0.1, -0.05) is 146 Å². The van der Waals surface area contributed by atoms with Crippen molar-refractivity contribution in [2.75, 3.05) is 0 Å². The van der Waals surface area contributed by atoms with Crippen LogP contribution in [0.4, 0.5) is 0 Å². The standard InChI is InChI=1S/C44H31N3O/c1-44(26-24-30(25-27-44)35-19-10-17-29-12-8-9-18-34(29)35)33-22-23-38-37(28-33)40-36(20-11-21-39(40)48-38)43-46-41(31-13-4-2-5-14-31)45-42(47-43)32-15-6-3-7-16-32/h2-26,28H,27H2,1H3. The molecule has 1 aliphatic rings. The molecule has 0 saturated carbocycles. The Morgan fingerprint density at radius 2 is 1.21 bits per heavy atom. The lowest BCUT2D eigenvalue weighted by Gasteiger charge is -2.29. The second-order valence-corrected chi connectivity index (χ2v) is 12.7. The third-order valence-electron chi connectivity index (χ3n) is 9.57. The summed E-state index contributed by atoms with van der Waals surface area (Å²) in [4.78, 5) is 15.0. The molecule has 0 saturated heterocycles. The average molecular weight is 618 g/mol. The molecule has 0 bridgehead atoms. The molecular formula is C44H31N3O. The van der Waals surface area contributed by atoms with Gasteiger partial charge in [0.1, 0.15) is 11.2 Å². The van der Waals surface area contributed by atoms with Gasteiger partial charge in [0.05, 0.1) is 0 Å². The van der Waals surface area contributed by atoms with Crippen LogP contribution in [-0.2, 0) is 5.41 Å². The highest BCUT2D eigenvalue weighted by atomic mass is 16.3. The fourth-order valence-corrected chi connectivity index (χ4v) is 6.92. The molecule has 8 aromatic rings. The maximum absolute atomic E-state index is 6.43. The maximum Gasteiger partial charge on any atom is 0.164 e. The van der Waals surface area contributed by atoms with E-state index in [1.54, 1.807) is 0 Å². The number of fused-ring (bicyclic) bond motifs is 4. The molecular weight excluding hydrogens is 587 g/mol. The lowest BCUT2D eigenvalue weighted by atomic mass is 9.75. The summed E-state index contributed by atoms with van der Waals surface area (Å²) in [6, 6.07) is 48.0. The Morgan fingerprint density at radius 3 is 1.94 bits per heavy atom. The molecule has 4 heteroatoms. The minimum absolute atomic E-state index is 0.172. The van der Waals surface area contributed by atoms with Gasteiger partial charge in [0.25, 0.3) is 0 Å². The molecule has 1 atom stereocenters. The Balaban J connectivity index is 1.16. The third kappa shape index (κ3) is 4.81. The Morgan fingerprint density at radius 1 is 0.562 bits per heavy atom. The topological polar surface area (TPSA) is 51.8 Å². The summed E-state index contributed by atoms with van der Waals surface area (Å²) >= 11 is 0. The lowest BCUT2D eigenvalue weighted by Crippen LogP contribution is -2.20. The van der Waals surface area contributed by atoms with E-state index in [1.165, 1.54) is 27.5 Å². The third-order valence-corrected chi connectivity index (χ3v) is 9.57. The van der Waals surface area contributed by atoms with Crippen molar-refractivity contribution in [3.63, 3.8) is 0 Å². The fourth-order valence-electron chi connectivity index (χ4n) is 6.92. The molecule has 0 spiro atoms. The Hall–Kier alpha value is -6.13. The van der Waals surface area contributed by atoms with Gasteiger partial charge in [0.15, 0.2) is 17.5 Å². The number of benzene rings is 6. The van der Waals surface area contributed by atoms with Crippen molar-refractivity contribution in [1.29, 1.82) is 0 Å². The van der Waals surface area contributed by atoms with E-state index in [9.17, 15) is 0 Å². The predicted octanol–water partition coefficient (Wildman–Crippen LogP) is 11.2. The molecule has 228 valence electrons. The molecule has 6 aromatic carbocycles. The average Bonchev–Trinajstić information content (AvgIpc) is 3.54. The van der Waals surface area contributed by atoms with E-state index in [0.717, 1.165) is 45.0 Å². The summed E-state index contributed by atoms with van der Waals surface area (Å²) in [6.07, 6.45) is 7.92. The first-order valence-corrected chi connectivity index (χ1v) is 16.3. The van der Waals surface area contributed by atoms with E-state index in [4.69, 9.17) is 19.4 Å². The van der Waals surface area contributed by atoms with Crippen molar-refractivity contribution >= 4 is 38.3 Å². The number of allylic oxidation sites excluding steroid dienone is 4. The zero-order chi connectivity index (χ0) is 32.1. The van der Waals surface area contributed by atoms with Crippen molar-refractivity contribution in [2.24, 2.45) is 0 Å². The zero-order valence-corrected chi connectivity index (χ0v) is 26.5. The van der Waals surface area contributed by atoms with E-state index in [-0.39, 0.29) is 5.41 Å². The Bertz CT molecular complexity index is 2480. The van der Waals surface area contributed by atoms with Crippen molar-refractivity contribution in [2.45, 2.75) is 18.8 Å². The normalized spacial score (nSPS) is 16.1. The molecule has 0 fully saturated rings. The first kappa shape index (κ1) is 28.1. The van der Waals surface area contributed by atoms with Crippen LogP contribution < -0.4 is 0 Å². The lowest BCUT2D eigenvalue weighted by molar-refractivity contribution is 0.601. The highest BCUT2D eigenvalue weighted by Gasteiger charge is 2.27. The minimum Gasteiger partial charge on any atom is -0.456 e. The summed E-state index contributed by atoms with van der Waals surface area (Å²) in [6.45, 7) is 2.31. The number of rotatable bonds is 5. The van der Waals surface area contributed by atoms with E-state index in [1.807, 2.05) is 72.8 Å². The van der Waals surface area contributed by atoms with E-state index in [0.29, 0.717) is 17.5 Å². The van der Waals surface area contributed by atoms with Crippen LogP contribution in [0.25, 0.3) is 72.4 Å². The number of hydrogen-bond acceptors (Lipinski definition) is 4. The van der Waals surface area contributed by atoms with Crippen LogP contribution in [0.2, 0.25) is 0 Å².